The molecule has 176 valence electrons. The summed E-state index contributed by atoms with van der Waals surface area (Å²) in [5, 5.41) is 20.2. The van der Waals surface area contributed by atoms with Crippen molar-refractivity contribution in [3.05, 3.63) is 64.2 Å². The number of carbonyl (C=O) groups excluding carboxylic acids is 2. The van der Waals surface area contributed by atoms with Gasteiger partial charge in [0.25, 0.3) is 5.78 Å². The normalized spacial score (nSPS) is 17.2. The molecule has 2 aromatic carbocycles. The van der Waals surface area contributed by atoms with Crippen molar-refractivity contribution >= 4 is 33.9 Å². The predicted molar refractivity (Wildman–Crippen MR) is 127 cm³/mol. The zero-order valence-corrected chi connectivity index (χ0v) is 19.9. The Balaban J connectivity index is 1.91. The van der Waals surface area contributed by atoms with E-state index in [4.69, 9.17) is 14.2 Å². The minimum atomic E-state index is -0.946. The van der Waals surface area contributed by atoms with Gasteiger partial charge in [0.15, 0.2) is 11.5 Å². The summed E-state index contributed by atoms with van der Waals surface area (Å²) >= 11 is 1.18. The Morgan fingerprint density at radius 2 is 1.76 bits per heavy atom. The van der Waals surface area contributed by atoms with Crippen LogP contribution in [0, 0.1) is 6.92 Å². The van der Waals surface area contributed by atoms with Crippen LogP contribution in [0.2, 0.25) is 0 Å². The van der Waals surface area contributed by atoms with Crippen molar-refractivity contribution in [1.29, 1.82) is 0 Å². The molecule has 1 aliphatic rings. The Morgan fingerprint density at radius 3 is 2.35 bits per heavy atom. The van der Waals surface area contributed by atoms with Crippen molar-refractivity contribution in [2.75, 3.05) is 25.7 Å². The molecule has 0 aliphatic carbocycles. The first-order chi connectivity index (χ1) is 16.4. The van der Waals surface area contributed by atoms with E-state index in [-0.39, 0.29) is 16.5 Å². The Hall–Kier alpha value is -3.92. The first-order valence-corrected chi connectivity index (χ1v) is 11.3. The second kappa shape index (κ2) is 9.52. The monoisotopic (exact) mass is 481 g/mol. The summed E-state index contributed by atoms with van der Waals surface area (Å²) < 4.78 is 16.2. The van der Waals surface area contributed by atoms with Crippen LogP contribution in [0.5, 0.6) is 17.2 Å². The maximum Gasteiger partial charge on any atom is 0.301 e. The lowest BCUT2D eigenvalue weighted by atomic mass is 9.95. The van der Waals surface area contributed by atoms with Gasteiger partial charge in [-0.05, 0) is 55.8 Å². The second-order valence-corrected chi connectivity index (χ2v) is 8.50. The summed E-state index contributed by atoms with van der Waals surface area (Å²) in [6.45, 7) is 4.12. The number of hydrogen-bond acceptors (Lipinski definition) is 9. The van der Waals surface area contributed by atoms with Gasteiger partial charge in [-0.25, -0.2) is 0 Å². The number of hydrogen-bond donors (Lipinski definition) is 1. The van der Waals surface area contributed by atoms with Crippen LogP contribution in [-0.4, -0.2) is 47.8 Å². The number of aliphatic hydroxyl groups is 1. The third-order valence-electron chi connectivity index (χ3n) is 5.33. The van der Waals surface area contributed by atoms with Gasteiger partial charge in [0.2, 0.25) is 5.13 Å². The van der Waals surface area contributed by atoms with Gasteiger partial charge < -0.3 is 19.3 Å². The molecule has 1 fully saturated rings. The zero-order valence-electron chi connectivity index (χ0n) is 19.1. The molecule has 3 aromatic rings. The average Bonchev–Trinajstić information content (AvgIpc) is 3.39. The summed E-state index contributed by atoms with van der Waals surface area (Å²) in [6.07, 6.45) is 0. The van der Waals surface area contributed by atoms with Gasteiger partial charge in [-0.15, -0.1) is 10.2 Å². The van der Waals surface area contributed by atoms with E-state index in [9.17, 15) is 14.7 Å². The standard InChI is InChI=1S/C24H23N3O6S/c1-5-33-16-9-6-14(7-10-16)21(28)19-20(15-8-11-17(31-3)18(12-15)32-4)27(23(30)22(19)29)24-26-25-13(2)34-24/h6-12,20,28H,5H2,1-4H3/b21-19+. The predicted octanol–water partition coefficient (Wildman–Crippen LogP) is 3.89. The quantitative estimate of drug-likeness (QED) is 0.307. The van der Waals surface area contributed by atoms with Gasteiger partial charge in [-0.3, -0.25) is 14.5 Å². The largest absolute Gasteiger partial charge is 0.507 e. The number of amides is 1. The summed E-state index contributed by atoms with van der Waals surface area (Å²) in [5.74, 6) is -0.394. The zero-order chi connectivity index (χ0) is 24.4. The molecule has 1 N–H and O–H groups in total. The van der Waals surface area contributed by atoms with E-state index in [1.54, 1.807) is 49.4 Å². The summed E-state index contributed by atoms with van der Waals surface area (Å²) in [7, 11) is 3.01. The van der Waals surface area contributed by atoms with Crippen LogP contribution in [0.15, 0.2) is 48.0 Å². The Labute approximate surface area is 200 Å². The number of benzene rings is 2. The lowest BCUT2D eigenvalue weighted by Gasteiger charge is -2.23. The number of nitrogens with zero attached hydrogens (tertiary/aromatic N) is 3. The molecule has 0 saturated carbocycles. The Kier molecular flexibility index (Phi) is 6.51. The third kappa shape index (κ3) is 4.08. The highest BCUT2D eigenvalue weighted by Gasteiger charge is 2.48. The first kappa shape index (κ1) is 23.2. The topological polar surface area (TPSA) is 111 Å². The van der Waals surface area contributed by atoms with Gasteiger partial charge in [-0.2, -0.15) is 0 Å². The maximum absolute atomic E-state index is 13.2. The van der Waals surface area contributed by atoms with E-state index in [0.29, 0.717) is 40.0 Å². The molecule has 1 saturated heterocycles. The molecule has 0 bridgehead atoms. The number of anilines is 1. The Bertz CT molecular complexity index is 1270. The van der Waals surface area contributed by atoms with E-state index in [0.717, 1.165) is 0 Å². The van der Waals surface area contributed by atoms with Crippen LogP contribution < -0.4 is 19.1 Å². The van der Waals surface area contributed by atoms with Crippen molar-refractivity contribution in [1.82, 2.24) is 10.2 Å². The molecule has 1 aliphatic heterocycles. The molecule has 1 unspecified atom stereocenters. The molecule has 1 aromatic heterocycles. The highest BCUT2D eigenvalue weighted by atomic mass is 32.1. The number of carbonyl (C=O) groups is 2. The molecule has 2 heterocycles. The van der Waals surface area contributed by atoms with E-state index < -0.39 is 17.7 Å². The molecule has 1 atom stereocenters. The van der Waals surface area contributed by atoms with E-state index in [1.807, 2.05) is 6.92 Å². The minimum absolute atomic E-state index is 0.0609. The number of aryl methyl sites for hydroxylation is 1. The van der Waals surface area contributed by atoms with E-state index in [2.05, 4.69) is 10.2 Å². The molecule has 34 heavy (non-hydrogen) atoms. The number of ketones is 1. The highest BCUT2D eigenvalue weighted by Crippen LogP contribution is 2.44. The minimum Gasteiger partial charge on any atom is -0.507 e. The summed E-state index contributed by atoms with van der Waals surface area (Å²) in [4.78, 5) is 27.6. The number of aliphatic hydroxyl groups excluding tert-OH is 1. The summed E-state index contributed by atoms with van der Waals surface area (Å²) in [5.41, 5.74) is 0.854. The summed E-state index contributed by atoms with van der Waals surface area (Å²) in [6, 6.07) is 10.8. The van der Waals surface area contributed by atoms with Crippen molar-refractivity contribution < 1.29 is 28.9 Å². The number of Topliss-reactive ketones (excluding diaryl/α,β-unsaturated/α-hetero) is 1. The van der Waals surface area contributed by atoms with Gasteiger partial charge in [0, 0.05) is 5.56 Å². The molecule has 9 nitrogen and oxygen atoms in total. The van der Waals surface area contributed by atoms with Crippen LogP contribution in [-0.2, 0) is 9.59 Å². The molecular weight excluding hydrogens is 458 g/mol. The van der Waals surface area contributed by atoms with Crippen LogP contribution in [0.4, 0.5) is 5.13 Å². The number of aromatic nitrogens is 2. The van der Waals surface area contributed by atoms with Crippen molar-refractivity contribution in [3.63, 3.8) is 0 Å². The van der Waals surface area contributed by atoms with Gasteiger partial charge in [0.05, 0.1) is 32.4 Å². The van der Waals surface area contributed by atoms with Gasteiger partial charge in [0.1, 0.15) is 16.5 Å². The van der Waals surface area contributed by atoms with Crippen LogP contribution in [0.25, 0.3) is 5.76 Å². The number of methoxy groups -OCH3 is 2. The highest BCUT2D eigenvalue weighted by molar-refractivity contribution is 7.15. The third-order valence-corrected chi connectivity index (χ3v) is 6.17. The molecule has 10 heteroatoms. The first-order valence-electron chi connectivity index (χ1n) is 10.5. The fraction of sp³-hybridized carbons (Fsp3) is 0.250. The number of rotatable bonds is 7. The van der Waals surface area contributed by atoms with E-state index >= 15 is 0 Å². The molecule has 1 amide bonds. The van der Waals surface area contributed by atoms with Crippen molar-refractivity contribution in [2.45, 2.75) is 19.9 Å². The van der Waals surface area contributed by atoms with Crippen LogP contribution in [0.3, 0.4) is 0 Å². The lowest BCUT2D eigenvalue weighted by Crippen LogP contribution is -2.29. The van der Waals surface area contributed by atoms with Gasteiger partial charge in [-0.1, -0.05) is 17.4 Å². The average molecular weight is 482 g/mol. The van der Waals surface area contributed by atoms with E-state index in [1.165, 1.54) is 30.5 Å². The molecule has 4 rings (SSSR count). The smallest absolute Gasteiger partial charge is 0.301 e. The number of ether oxygens (including phenoxy) is 3. The molecule has 0 radical (unpaired) electrons. The Morgan fingerprint density at radius 1 is 1.06 bits per heavy atom. The second-order valence-electron chi connectivity index (χ2n) is 7.34. The van der Waals surface area contributed by atoms with Crippen LogP contribution >= 0.6 is 11.3 Å². The molecule has 0 spiro atoms. The molecular formula is C24H23N3O6S. The SMILES string of the molecule is CCOc1ccc(/C(O)=C2\C(=O)C(=O)N(c3nnc(C)s3)C2c2ccc(OC)c(OC)c2)cc1. The van der Waals surface area contributed by atoms with Crippen LogP contribution in [0.1, 0.15) is 29.1 Å². The maximum atomic E-state index is 13.2. The van der Waals surface area contributed by atoms with Gasteiger partial charge >= 0.3 is 5.91 Å². The fourth-order valence-electron chi connectivity index (χ4n) is 3.78. The van der Waals surface area contributed by atoms with Crippen molar-refractivity contribution in [2.24, 2.45) is 0 Å². The lowest BCUT2D eigenvalue weighted by molar-refractivity contribution is -0.132. The van der Waals surface area contributed by atoms with Crippen molar-refractivity contribution in [3.8, 4) is 17.2 Å². The fourth-order valence-corrected chi connectivity index (χ4v) is 4.50.